The summed E-state index contributed by atoms with van der Waals surface area (Å²) in [6.45, 7) is 1.18. The van der Waals surface area contributed by atoms with Crippen molar-refractivity contribution in [3.63, 3.8) is 0 Å². The topological polar surface area (TPSA) is 60.4 Å². The van der Waals surface area contributed by atoms with Gasteiger partial charge in [0.15, 0.2) is 9.84 Å². The van der Waals surface area contributed by atoms with Gasteiger partial charge in [0.2, 0.25) is 0 Å². The number of hydrogen-bond acceptors (Lipinski definition) is 4. The van der Waals surface area contributed by atoms with Crippen LogP contribution in [0, 0.1) is 0 Å². The van der Waals surface area contributed by atoms with E-state index >= 15 is 0 Å². The van der Waals surface area contributed by atoms with Gasteiger partial charge < -0.3 is 4.74 Å². The monoisotopic (exact) mass is 246 g/mol. The van der Waals surface area contributed by atoms with Crippen molar-refractivity contribution >= 4 is 15.8 Å². The Labute approximate surface area is 96.6 Å². The highest BCUT2D eigenvalue weighted by molar-refractivity contribution is 7.94. The van der Waals surface area contributed by atoms with Crippen LogP contribution in [-0.2, 0) is 19.4 Å². The minimum atomic E-state index is -3.26. The van der Waals surface area contributed by atoms with Crippen LogP contribution in [0.2, 0.25) is 0 Å². The van der Waals surface area contributed by atoms with Gasteiger partial charge in [0.25, 0.3) is 0 Å². The van der Waals surface area contributed by atoms with Gasteiger partial charge in [-0.25, -0.2) is 8.42 Å². The van der Waals surface area contributed by atoms with E-state index in [2.05, 4.69) is 0 Å². The fourth-order valence-corrected chi connectivity index (χ4v) is 2.90. The van der Waals surface area contributed by atoms with Gasteiger partial charge in [-0.05, 0) is 25.7 Å². The van der Waals surface area contributed by atoms with Gasteiger partial charge in [-0.2, -0.15) is 0 Å². The predicted octanol–water partition coefficient (Wildman–Crippen LogP) is 1.81. The summed E-state index contributed by atoms with van der Waals surface area (Å²) >= 11 is 0. The molecule has 0 radical (unpaired) electrons. The van der Waals surface area contributed by atoms with Gasteiger partial charge in [-0.15, -0.1) is 0 Å². The van der Waals surface area contributed by atoms with Gasteiger partial charge in [-0.1, -0.05) is 12.0 Å². The highest BCUT2D eigenvalue weighted by Gasteiger charge is 2.20. The van der Waals surface area contributed by atoms with Crippen molar-refractivity contribution in [2.75, 3.05) is 12.9 Å². The van der Waals surface area contributed by atoms with E-state index in [1.165, 1.54) is 13.2 Å². The van der Waals surface area contributed by atoms with Gasteiger partial charge in [-0.3, -0.25) is 4.79 Å². The molecule has 16 heavy (non-hydrogen) atoms. The maximum Gasteiger partial charge on any atom is 0.302 e. The predicted molar refractivity (Wildman–Crippen MR) is 61.6 cm³/mol. The van der Waals surface area contributed by atoms with E-state index in [-0.39, 0.29) is 6.61 Å². The Hall–Kier alpha value is -0.840. The number of carbonyl (C=O) groups excluding carboxylic acids is 1. The first-order valence-corrected chi connectivity index (χ1v) is 7.34. The van der Waals surface area contributed by atoms with Crippen molar-refractivity contribution in [3.05, 3.63) is 10.5 Å². The second-order valence-corrected chi connectivity index (χ2v) is 6.18. The summed E-state index contributed by atoms with van der Waals surface area (Å²) in [5, 5.41) is 0. The van der Waals surface area contributed by atoms with Crippen LogP contribution in [0.1, 0.15) is 39.0 Å². The number of ether oxygens (including phenoxy) is 1. The third kappa shape index (κ3) is 3.96. The zero-order valence-corrected chi connectivity index (χ0v) is 10.6. The average Bonchev–Trinajstić information content (AvgIpc) is 2.17. The molecule has 0 heterocycles. The molecule has 0 aromatic rings. The lowest BCUT2D eigenvalue weighted by Crippen LogP contribution is -2.14. The van der Waals surface area contributed by atoms with Crippen LogP contribution in [0.25, 0.3) is 0 Å². The van der Waals surface area contributed by atoms with Crippen LogP contribution in [-0.4, -0.2) is 27.2 Å². The molecule has 0 bridgehead atoms. The molecule has 0 aliphatic heterocycles. The molecule has 0 N–H and O–H groups in total. The van der Waals surface area contributed by atoms with Crippen molar-refractivity contribution in [2.24, 2.45) is 0 Å². The van der Waals surface area contributed by atoms with Gasteiger partial charge in [0, 0.05) is 13.2 Å². The normalized spacial score (nSPS) is 17.0. The molecule has 1 aliphatic carbocycles. The molecule has 0 aromatic heterocycles. The molecular weight excluding hydrogens is 228 g/mol. The summed E-state index contributed by atoms with van der Waals surface area (Å²) < 4.78 is 28.0. The second-order valence-electron chi connectivity index (χ2n) is 4.14. The zero-order valence-electron chi connectivity index (χ0n) is 9.78. The number of rotatable bonds is 3. The van der Waals surface area contributed by atoms with Crippen LogP contribution in [0.5, 0.6) is 0 Å². The minimum Gasteiger partial charge on any atom is -0.460 e. The molecule has 5 heteroatoms. The van der Waals surface area contributed by atoms with Crippen molar-refractivity contribution in [2.45, 2.75) is 39.0 Å². The van der Waals surface area contributed by atoms with Crippen LogP contribution in [0.4, 0.5) is 0 Å². The number of allylic oxidation sites excluding steroid dienone is 1. The zero-order chi connectivity index (χ0) is 12.2. The average molecular weight is 246 g/mol. The molecular formula is C11H18O4S. The molecule has 92 valence electrons. The fraction of sp³-hybridized carbons (Fsp3) is 0.727. The molecule has 0 amide bonds. The quantitative estimate of drug-likeness (QED) is 0.713. The molecule has 1 aliphatic rings. The summed E-state index contributed by atoms with van der Waals surface area (Å²) in [5.74, 6) is -0.447. The summed E-state index contributed by atoms with van der Waals surface area (Å²) in [6.07, 6.45) is 5.98. The number of esters is 1. The minimum absolute atomic E-state index is 0.108. The molecule has 0 aromatic carbocycles. The van der Waals surface area contributed by atoms with Gasteiger partial charge in [0.05, 0.1) is 4.91 Å². The smallest absolute Gasteiger partial charge is 0.302 e. The second kappa shape index (κ2) is 5.48. The first kappa shape index (κ1) is 13.2. The van der Waals surface area contributed by atoms with Gasteiger partial charge in [0.1, 0.15) is 6.61 Å². The van der Waals surface area contributed by atoms with Crippen LogP contribution in [0.15, 0.2) is 10.5 Å². The maximum atomic E-state index is 11.6. The Morgan fingerprint density at radius 3 is 2.25 bits per heavy atom. The van der Waals surface area contributed by atoms with E-state index in [0.29, 0.717) is 4.91 Å². The summed E-state index contributed by atoms with van der Waals surface area (Å²) in [4.78, 5) is 11.0. The molecule has 0 saturated heterocycles. The number of carbonyl (C=O) groups is 1. The number of hydrogen-bond donors (Lipinski definition) is 0. The standard InChI is InChI=1S/C11H18O4S/c1-9(12)15-8-11(16(2,13)14)10-6-4-3-5-7-10/h3-8H2,1-2H3. The summed E-state index contributed by atoms with van der Waals surface area (Å²) in [6, 6.07) is 0. The van der Waals surface area contributed by atoms with E-state index in [1.54, 1.807) is 0 Å². The van der Waals surface area contributed by atoms with Crippen molar-refractivity contribution in [3.8, 4) is 0 Å². The third-order valence-electron chi connectivity index (χ3n) is 2.71. The van der Waals surface area contributed by atoms with Crippen molar-refractivity contribution < 1.29 is 17.9 Å². The molecule has 1 saturated carbocycles. The summed E-state index contributed by atoms with van der Waals surface area (Å²) in [7, 11) is -3.26. The van der Waals surface area contributed by atoms with E-state index in [1.807, 2.05) is 0 Å². The third-order valence-corrected chi connectivity index (χ3v) is 4.01. The lowest BCUT2D eigenvalue weighted by Gasteiger charge is -2.18. The Balaban J connectivity index is 2.90. The highest BCUT2D eigenvalue weighted by Crippen LogP contribution is 2.28. The molecule has 4 nitrogen and oxygen atoms in total. The van der Waals surface area contributed by atoms with Crippen LogP contribution < -0.4 is 0 Å². The van der Waals surface area contributed by atoms with E-state index in [9.17, 15) is 13.2 Å². The number of sulfone groups is 1. The first-order valence-electron chi connectivity index (χ1n) is 5.45. The van der Waals surface area contributed by atoms with E-state index in [4.69, 9.17) is 4.74 Å². The fourth-order valence-electron chi connectivity index (χ4n) is 1.90. The molecule has 0 unspecified atom stereocenters. The molecule has 0 spiro atoms. The lowest BCUT2D eigenvalue weighted by molar-refractivity contribution is -0.139. The largest absolute Gasteiger partial charge is 0.460 e. The Morgan fingerprint density at radius 2 is 1.81 bits per heavy atom. The first-order chi connectivity index (χ1) is 7.41. The van der Waals surface area contributed by atoms with Crippen molar-refractivity contribution in [1.82, 2.24) is 0 Å². The molecule has 1 fully saturated rings. The van der Waals surface area contributed by atoms with E-state index in [0.717, 1.165) is 37.7 Å². The van der Waals surface area contributed by atoms with Gasteiger partial charge >= 0.3 is 5.97 Å². The highest BCUT2D eigenvalue weighted by atomic mass is 32.2. The van der Waals surface area contributed by atoms with Crippen LogP contribution >= 0.6 is 0 Å². The maximum absolute atomic E-state index is 11.6. The Bertz CT molecular complexity index is 384. The molecule has 0 atom stereocenters. The van der Waals surface area contributed by atoms with Crippen molar-refractivity contribution in [1.29, 1.82) is 0 Å². The SMILES string of the molecule is CC(=O)OCC(=C1CCCCC1)S(C)(=O)=O. The van der Waals surface area contributed by atoms with E-state index < -0.39 is 15.8 Å². The Kier molecular flexibility index (Phi) is 4.53. The summed E-state index contributed by atoms with van der Waals surface area (Å²) in [5.41, 5.74) is 0.940. The lowest BCUT2D eigenvalue weighted by atomic mass is 9.95. The van der Waals surface area contributed by atoms with Crippen LogP contribution in [0.3, 0.4) is 0 Å². The molecule has 1 rings (SSSR count). The Morgan fingerprint density at radius 1 is 1.25 bits per heavy atom.